The number of nitrogens with one attached hydrogen (secondary N) is 1. The molecule has 1 atom stereocenters. The number of rotatable bonds is 10. The first-order valence-electron chi connectivity index (χ1n) is 7.27. The van der Waals surface area contributed by atoms with E-state index >= 15 is 0 Å². The van der Waals surface area contributed by atoms with Crippen molar-refractivity contribution in [2.75, 3.05) is 13.2 Å². The first-order chi connectivity index (χ1) is 8.24. The van der Waals surface area contributed by atoms with E-state index in [1.54, 1.807) is 0 Å². The van der Waals surface area contributed by atoms with Crippen LogP contribution in [-0.2, 0) is 4.74 Å². The molecule has 3 heteroatoms. The largest absolute Gasteiger partial charge is 0.394 e. The third-order valence-corrected chi connectivity index (χ3v) is 3.45. The van der Waals surface area contributed by atoms with Crippen LogP contribution < -0.4 is 5.32 Å². The Balaban J connectivity index is 3.82. The van der Waals surface area contributed by atoms with Crippen molar-refractivity contribution in [3.05, 3.63) is 0 Å². The van der Waals surface area contributed by atoms with E-state index in [0.29, 0.717) is 6.04 Å². The highest BCUT2D eigenvalue weighted by atomic mass is 16.5. The van der Waals surface area contributed by atoms with Gasteiger partial charge in [-0.05, 0) is 46.5 Å². The van der Waals surface area contributed by atoms with Crippen molar-refractivity contribution in [1.82, 2.24) is 5.32 Å². The Morgan fingerprint density at radius 1 is 1.17 bits per heavy atom. The summed E-state index contributed by atoms with van der Waals surface area (Å²) in [6.45, 7) is 13.7. The SMILES string of the molecule is CCC(C)(C)OCCCCC(C)(CO)NC(C)C. The fourth-order valence-corrected chi connectivity index (χ4v) is 1.96. The predicted octanol–water partition coefficient (Wildman–Crippen LogP) is 3.11. The van der Waals surface area contributed by atoms with Gasteiger partial charge in [-0.25, -0.2) is 0 Å². The molecule has 1 unspecified atom stereocenters. The van der Waals surface area contributed by atoms with Crippen LogP contribution in [0.1, 0.15) is 67.2 Å². The summed E-state index contributed by atoms with van der Waals surface area (Å²) < 4.78 is 5.83. The topological polar surface area (TPSA) is 41.5 Å². The Labute approximate surface area is 113 Å². The molecule has 18 heavy (non-hydrogen) atoms. The fraction of sp³-hybridized carbons (Fsp3) is 1.00. The van der Waals surface area contributed by atoms with Crippen LogP contribution in [0.25, 0.3) is 0 Å². The summed E-state index contributed by atoms with van der Waals surface area (Å²) in [7, 11) is 0. The molecule has 0 heterocycles. The highest BCUT2D eigenvalue weighted by Crippen LogP contribution is 2.17. The average Bonchev–Trinajstić information content (AvgIpc) is 2.27. The Hall–Kier alpha value is -0.120. The van der Waals surface area contributed by atoms with Gasteiger partial charge in [-0.1, -0.05) is 20.8 Å². The molecule has 0 saturated heterocycles. The number of unbranched alkanes of at least 4 members (excludes halogenated alkanes) is 1. The average molecular weight is 259 g/mol. The van der Waals surface area contributed by atoms with Gasteiger partial charge in [0.2, 0.25) is 0 Å². The quantitative estimate of drug-likeness (QED) is 0.592. The van der Waals surface area contributed by atoms with E-state index in [4.69, 9.17) is 4.74 Å². The zero-order valence-electron chi connectivity index (χ0n) is 13.2. The van der Waals surface area contributed by atoms with Crippen LogP contribution in [0.5, 0.6) is 0 Å². The second kappa shape index (κ2) is 8.13. The standard InChI is InChI=1S/C15H33NO2/c1-7-14(4,5)18-11-9-8-10-15(6,12-17)16-13(2)3/h13,16-17H,7-12H2,1-6H3. The predicted molar refractivity (Wildman–Crippen MR) is 77.9 cm³/mol. The van der Waals surface area contributed by atoms with Gasteiger partial charge in [0.25, 0.3) is 0 Å². The zero-order chi connectivity index (χ0) is 14.2. The van der Waals surface area contributed by atoms with Gasteiger partial charge in [0.05, 0.1) is 12.2 Å². The third-order valence-electron chi connectivity index (χ3n) is 3.45. The number of ether oxygens (including phenoxy) is 1. The van der Waals surface area contributed by atoms with E-state index < -0.39 is 0 Å². The summed E-state index contributed by atoms with van der Waals surface area (Å²) in [6.07, 6.45) is 4.16. The number of hydrogen-bond donors (Lipinski definition) is 2. The van der Waals surface area contributed by atoms with E-state index in [0.717, 1.165) is 32.3 Å². The maximum Gasteiger partial charge on any atom is 0.0623 e. The van der Waals surface area contributed by atoms with Gasteiger partial charge in [-0.15, -0.1) is 0 Å². The lowest BCUT2D eigenvalue weighted by Crippen LogP contribution is -2.49. The summed E-state index contributed by atoms with van der Waals surface area (Å²) in [5.41, 5.74) is -0.162. The molecule has 2 N–H and O–H groups in total. The third kappa shape index (κ3) is 8.06. The minimum atomic E-state index is -0.158. The molecule has 0 aliphatic rings. The summed E-state index contributed by atoms with van der Waals surface area (Å²) in [6, 6.07) is 0.400. The maximum atomic E-state index is 9.46. The molecule has 0 fully saturated rings. The van der Waals surface area contributed by atoms with Crippen molar-refractivity contribution >= 4 is 0 Å². The number of aliphatic hydroxyl groups is 1. The van der Waals surface area contributed by atoms with Crippen LogP contribution in [0.3, 0.4) is 0 Å². The normalized spacial score (nSPS) is 16.0. The van der Waals surface area contributed by atoms with Crippen LogP contribution in [0, 0.1) is 0 Å². The molecule has 0 amide bonds. The smallest absolute Gasteiger partial charge is 0.0623 e. The molecule has 0 aliphatic heterocycles. The molecule has 0 spiro atoms. The molecule has 0 saturated carbocycles. The van der Waals surface area contributed by atoms with Crippen LogP contribution in [-0.4, -0.2) is 35.5 Å². The Morgan fingerprint density at radius 3 is 2.22 bits per heavy atom. The van der Waals surface area contributed by atoms with Crippen molar-refractivity contribution in [3.63, 3.8) is 0 Å². The lowest BCUT2D eigenvalue weighted by atomic mass is 9.95. The second-order valence-corrected chi connectivity index (χ2v) is 6.44. The number of aliphatic hydroxyl groups excluding tert-OH is 1. The summed E-state index contributed by atoms with van der Waals surface area (Å²) in [4.78, 5) is 0. The highest BCUT2D eigenvalue weighted by Gasteiger charge is 2.23. The molecule has 0 rings (SSSR count). The molecule has 0 aromatic carbocycles. The summed E-state index contributed by atoms with van der Waals surface area (Å²) in [5, 5.41) is 12.9. The van der Waals surface area contributed by atoms with Crippen LogP contribution in [0.15, 0.2) is 0 Å². The first kappa shape index (κ1) is 17.9. The van der Waals surface area contributed by atoms with Gasteiger partial charge in [0.15, 0.2) is 0 Å². The lowest BCUT2D eigenvalue weighted by molar-refractivity contribution is -0.0223. The van der Waals surface area contributed by atoms with Gasteiger partial charge < -0.3 is 15.2 Å². The van der Waals surface area contributed by atoms with Crippen LogP contribution in [0.2, 0.25) is 0 Å². The van der Waals surface area contributed by atoms with E-state index in [1.807, 2.05) is 0 Å². The van der Waals surface area contributed by atoms with Gasteiger partial charge in [-0.2, -0.15) is 0 Å². The first-order valence-corrected chi connectivity index (χ1v) is 7.27. The lowest BCUT2D eigenvalue weighted by Gasteiger charge is -2.31. The van der Waals surface area contributed by atoms with E-state index in [1.165, 1.54) is 0 Å². The highest BCUT2D eigenvalue weighted by molar-refractivity contribution is 4.83. The maximum absolute atomic E-state index is 9.46. The van der Waals surface area contributed by atoms with Crippen molar-refractivity contribution in [2.24, 2.45) is 0 Å². The van der Waals surface area contributed by atoms with E-state index in [9.17, 15) is 5.11 Å². The molecule has 0 aromatic heterocycles. The minimum absolute atomic E-state index is 0.00351. The van der Waals surface area contributed by atoms with E-state index in [-0.39, 0.29) is 17.7 Å². The minimum Gasteiger partial charge on any atom is -0.394 e. The molecular weight excluding hydrogens is 226 g/mol. The Kier molecular flexibility index (Phi) is 8.08. The summed E-state index contributed by atoms with van der Waals surface area (Å²) in [5.74, 6) is 0. The molecule has 3 nitrogen and oxygen atoms in total. The second-order valence-electron chi connectivity index (χ2n) is 6.44. The monoisotopic (exact) mass is 259 g/mol. The molecule has 0 aromatic rings. The van der Waals surface area contributed by atoms with Gasteiger partial charge in [-0.3, -0.25) is 0 Å². The van der Waals surface area contributed by atoms with Gasteiger partial charge in [0.1, 0.15) is 0 Å². The molecule has 0 bridgehead atoms. The van der Waals surface area contributed by atoms with Crippen molar-refractivity contribution < 1.29 is 9.84 Å². The molecule has 0 aliphatic carbocycles. The van der Waals surface area contributed by atoms with Crippen LogP contribution in [0.4, 0.5) is 0 Å². The zero-order valence-corrected chi connectivity index (χ0v) is 13.2. The van der Waals surface area contributed by atoms with Crippen molar-refractivity contribution in [3.8, 4) is 0 Å². The Bertz CT molecular complexity index is 217. The van der Waals surface area contributed by atoms with Crippen molar-refractivity contribution in [1.29, 1.82) is 0 Å². The van der Waals surface area contributed by atoms with Crippen molar-refractivity contribution in [2.45, 2.75) is 84.4 Å². The summed E-state index contributed by atoms with van der Waals surface area (Å²) >= 11 is 0. The molecule has 110 valence electrons. The Morgan fingerprint density at radius 2 is 1.78 bits per heavy atom. The number of hydrogen-bond acceptors (Lipinski definition) is 3. The van der Waals surface area contributed by atoms with Crippen LogP contribution >= 0.6 is 0 Å². The van der Waals surface area contributed by atoms with E-state index in [2.05, 4.69) is 46.9 Å². The van der Waals surface area contributed by atoms with Gasteiger partial charge in [0, 0.05) is 18.2 Å². The molecule has 0 radical (unpaired) electrons. The molecular formula is C15H33NO2. The van der Waals surface area contributed by atoms with Gasteiger partial charge >= 0.3 is 0 Å². The fourth-order valence-electron chi connectivity index (χ4n) is 1.96.